The van der Waals surface area contributed by atoms with Gasteiger partial charge in [-0.05, 0) is 68.8 Å². The van der Waals surface area contributed by atoms with Gasteiger partial charge in [0, 0.05) is 28.7 Å². The molecule has 0 aromatic carbocycles. The first kappa shape index (κ1) is 18.8. The Morgan fingerprint density at radius 1 is 1.04 bits per heavy atom. The van der Waals surface area contributed by atoms with Gasteiger partial charge in [-0.25, -0.2) is 4.79 Å². The minimum Gasteiger partial charge on any atom is -0.458 e. The van der Waals surface area contributed by atoms with E-state index < -0.39 is 17.1 Å². The number of rotatable bonds is 1. The highest BCUT2D eigenvalue weighted by Gasteiger charge is 2.70. The molecule has 2 N–H and O–H groups in total. The zero-order valence-corrected chi connectivity index (χ0v) is 17.0. The van der Waals surface area contributed by atoms with E-state index in [1.54, 1.807) is 6.08 Å². The van der Waals surface area contributed by atoms with Crippen molar-refractivity contribution in [2.45, 2.75) is 83.3 Å². The first-order valence-electron chi connectivity index (χ1n) is 11.0. The third kappa shape index (κ3) is 2.15. The van der Waals surface area contributed by atoms with Crippen LogP contribution in [0.2, 0.25) is 0 Å². The second-order valence-electron chi connectivity index (χ2n) is 10.8. The minimum absolute atomic E-state index is 0.0971. The van der Waals surface area contributed by atoms with Gasteiger partial charge >= 0.3 is 5.97 Å². The second-order valence-corrected chi connectivity index (χ2v) is 10.8. The van der Waals surface area contributed by atoms with E-state index in [1.807, 2.05) is 0 Å². The first-order valence-corrected chi connectivity index (χ1v) is 11.0. The van der Waals surface area contributed by atoms with Crippen molar-refractivity contribution in [1.29, 1.82) is 0 Å². The summed E-state index contributed by atoms with van der Waals surface area (Å²) in [5.41, 5.74) is -0.959. The van der Waals surface area contributed by atoms with Crippen molar-refractivity contribution in [3.05, 3.63) is 11.6 Å². The molecule has 4 saturated carbocycles. The highest BCUT2D eigenvalue weighted by molar-refractivity contribution is 5.94. The molecule has 1 heterocycles. The van der Waals surface area contributed by atoms with E-state index in [4.69, 9.17) is 4.74 Å². The fraction of sp³-hybridized carbons (Fsp3) is 0.826. The predicted molar refractivity (Wildman–Crippen MR) is 102 cm³/mol. The number of ether oxygens (including phenoxy) is 1. The van der Waals surface area contributed by atoms with Crippen LogP contribution in [0.25, 0.3) is 0 Å². The molecule has 7 unspecified atom stereocenters. The molecule has 5 heteroatoms. The molecule has 0 saturated heterocycles. The molecular formula is C23H32O5. The number of Topliss-reactive ketones (excluding diaryl/α,β-unsaturated/α-hetero) is 1. The summed E-state index contributed by atoms with van der Waals surface area (Å²) in [7, 11) is 0. The highest BCUT2D eigenvalue weighted by Crippen LogP contribution is 2.71. The molecule has 1 aliphatic heterocycles. The number of cyclic esters (lactones) is 1. The Bertz CT molecular complexity index is 773. The number of carbonyl (C=O) groups excluding carboxylic acids is 2. The summed E-state index contributed by atoms with van der Waals surface area (Å²) in [6, 6.07) is 0. The maximum atomic E-state index is 14.0. The third-order valence-electron chi connectivity index (χ3n) is 9.76. The summed E-state index contributed by atoms with van der Waals surface area (Å²) in [4.78, 5) is 25.6. The van der Waals surface area contributed by atoms with Crippen LogP contribution in [0.1, 0.15) is 71.6 Å². The minimum atomic E-state index is -0.861. The molecule has 28 heavy (non-hydrogen) atoms. The lowest BCUT2D eigenvalue weighted by atomic mass is 9.36. The number of esters is 1. The van der Waals surface area contributed by atoms with Crippen LogP contribution in [0.3, 0.4) is 0 Å². The summed E-state index contributed by atoms with van der Waals surface area (Å²) in [6.07, 6.45) is 7.96. The standard InChI is InChI=1S/C23H32O5/c1-20-6-5-17-21(2)7-3-15(24)12-23(21,27)10-9-22(17,19(20)26)8-4-16(20)14-11-18(25)28-13-14/h11,15-17,24,27H,3-10,12-13H2,1-2H3. The van der Waals surface area contributed by atoms with Gasteiger partial charge in [-0.3, -0.25) is 4.79 Å². The Morgan fingerprint density at radius 3 is 2.54 bits per heavy atom. The molecule has 0 radical (unpaired) electrons. The van der Waals surface area contributed by atoms with Crippen molar-refractivity contribution in [3.63, 3.8) is 0 Å². The zero-order valence-electron chi connectivity index (χ0n) is 17.0. The molecule has 5 aliphatic rings. The van der Waals surface area contributed by atoms with Gasteiger partial charge in [-0.1, -0.05) is 13.8 Å². The fourth-order valence-electron chi connectivity index (χ4n) is 8.17. The number of hydrogen-bond acceptors (Lipinski definition) is 5. The molecule has 1 spiro atoms. The predicted octanol–water partition coefficient (Wildman–Crippen LogP) is 2.93. The van der Waals surface area contributed by atoms with E-state index in [0.29, 0.717) is 31.7 Å². The van der Waals surface area contributed by atoms with Crippen LogP contribution >= 0.6 is 0 Å². The van der Waals surface area contributed by atoms with E-state index >= 15 is 0 Å². The molecule has 0 amide bonds. The van der Waals surface area contributed by atoms with Gasteiger partial charge in [0.1, 0.15) is 12.4 Å². The Kier molecular flexibility index (Phi) is 3.82. The van der Waals surface area contributed by atoms with E-state index in [1.165, 1.54) is 0 Å². The van der Waals surface area contributed by atoms with Gasteiger partial charge in [0.05, 0.1) is 11.7 Å². The normalized spacial score (nSPS) is 53.1. The van der Waals surface area contributed by atoms with Crippen LogP contribution in [-0.4, -0.2) is 40.3 Å². The summed E-state index contributed by atoms with van der Waals surface area (Å²) in [5.74, 6) is 0.362. The number of aliphatic hydroxyl groups excluding tert-OH is 1. The summed E-state index contributed by atoms with van der Waals surface area (Å²) < 4.78 is 5.15. The number of fused-ring (bicyclic) bond motifs is 3. The molecule has 5 rings (SSSR count). The number of aliphatic hydroxyl groups is 2. The maximum Gasteiger partial charge on any atom is 0.331 e. The van der Waals surface area contributed by atoms with Crippen molar-refractivity contribution in [2.75, 3.05) is 6.61 Å². The Balaban J connectivity index is 1.52. The van der Waals surface area contributed by atoms with Crippen LogP contribution in [0.15, 0.2) is 11.6 Å². The Morgan fingerprint density at radius 2 is 1.82 bits per heavy atom. The fourth-order valence-corrected chi connectivity index (χ4v) is 8.17. The molecule has 4 fully saturated rings. The van der Waals surface area contributed by atoms with Gasteiger partial charge in [0.2, 0.25) is 0 Å². The molecule has 4 aliphatic carbocycles. The van der Waals surface area contributed by atoms with Gasteiger partial charge in [-0.15, -0.1) is 0 Å². The van der Waals surface area contributed by atoms with Crippen molar-refractivity contribution in [2.24, 2.45) is 28.1 Å². The molecule has 0 aromatic rings. The SMILES string of the molecule is CC12CCC3C(CCC1C1=CC(=O)OC1)(CCC1(O)CC(O)CCC31C)C2=O. The Hall–Kier alpha value is -1.20. The molecule has 0 aromatic heterocycles. The average molecular weight is 389 g/mol. The summed E-state index contributed by atoms with van der Waals surface area (Å²) in [5, 5.41) is 21.7. The molecule has 7 atom stereocenters. The average Bonchev–Trinajstić information content (AvgIpc) is 3.05. The lowest BCUT2D eigenvalue weighted by Crippen LogP contribution is -2.69. The smallest absolute Gasteiger partial charge is 0.331 e. The highest BCUT2D eigenvalue weighted by atomic mass is 16.5. The van der Waals surface area contributed by atoms with Gasteiger partial charge in [0.25, 0.3) is 0 Å². The van der Waals surface area contributed by atoms with Crippen LogP contribution in [-0.2, 0) is 14.3 Å². The first-order chi connectivity index (χ1) is 13.1. The maximum absolute atomic E-state index is 14.0. The summed E-state index contributed by atoms with van der Waals surface area (Å²) in [6.45, 7) is 4.62. The third-order valence-corrected chi connectivity index (χ3v) is 9.76. The van der Waals surface area contributed by atoms with E-state index in [9.17, 15) is 19.8 Å². The van der Waals surface area contributed by atoms with Crippen molar-refractivity contribution in [3.8, 4) is 0 Å². The van der Waals surface area contributed by atoms with Crippen molar-refractivity contribution in [1.82, 2.24) is 0 Å². The van der Waals surface area contributed by atoms with Gasteiger partial charge < -0.3 is 14.9 Å². The van der Waals surface area contributed by atoms with Gasteiger partial charge in [-0.2, -0.15) is 0 Å². The quantitative estimate of drug-likeness (QED) is 0.675. The molecule has 5 nitrogen and oxygen atoms in total. The molecule has 2 bridgehead atoms. The van der Waals surface area contributed by atoms with Crippen LogP contribution in [0.4, 0.5) is 0 Å². The lowest BCUT2D eigenvalue weighted by Gasteiger charge is -2.68. The van der Waals surface area contributed by atoms with E-state index in [2.05, 4.69) is 13.8 Å². The van der Waals surface area contributed by atoms with E-state index in [0.717, 1.165) is 44.1 Å². The zero-order chi connectivity index (χ0) is 19.9. The van der Waals surface area contributed by atoms with Crippen molar-refractivity contribution >= 4 is 11.8 Å². The topological polar surface area (TPSA) is 83.8 Å². The summed E-state index contributed by atoms with van der Waals surface area (Å²) >= 11 is 0. The van der Waals surface area contributed by atoms with Crippen molar-refractivity contribution < 1.29 is 24.5 Å². The van der Waals surface area contributed by atoms with Gasteiger partial charge in [0.15, 0.2) is 0 Å². The van der Waals surface area contributed by atoms with Crippen LogP contribution in [0, 0.1) is 28.1 Å². The number of ketones is 1. The van der Waals surface area contributed by atoms with Crippen LogP contribution < -0.4 is 0 Å². The number of hydrogen-bond donors (Lipinski definition) is 2. The monoisotopic (exact) mass is 388 g/mol. The Labute approximate surface area is 166 Å². The lowest BCUT2D eigenvalue weighted by molar-refractivity contribution is -0.237. The largest absolute Gasteiger partial charge is 0.458 e. The molecule has 154 valence electrons. The van der Waals surface area contributed by atoms with Crippen LogP contribution in [0.5, 0.6) is 0 Å². The molecular weight excluding hydrogens is 356 g/mol. The number of carbonyl (C=O) groups is 2. The van der Waals surface area contributed by atoms with E-state index in [-0.39, 0.29) is 28.6 Å². The second kappa shape index (κ2) is 5.69.